The van der Waals surface area contributed by atoms with Gasteiger partial charge in [-0.2, -0.15) is 5.10 Å². The second-order valence-corrected chi connectivity index (χ2v) is 7.36. The number of hydrogen-bond acceptors (Lipinski definition) is 5. The molecule has 1 aromatic carbocycles. The zero-order chi connectivity index (χ0) is 20.0. The van der Waals surface area contributed by atoms with Gasteiger partial charge in [-0.3, -0.25) is 30.9 Å². The summed E-state index contributed by atoms with van der Waals surface area (Å²) in [5.41, 5.74) is 6.96. The summed E-state index contributed by atoms with van der Waals surface area (Å²) in [6.07, 6.45) is 0. The number of aromatic nitrogens is 2. The van der Waals surface area contributed by atoms with Crippen LogP contribution in [-0.2, 0) is 10.2 Å². The van der Waals surface area contributed by atoms with Gasteiger partial charge in [0.15, 0.2) is 17.4 Å². The Hall–Kier alpha value is -2.94. The van der Waals surface area contributed by atoms with Crippen LogP contribution >= 0.6 is 12.2 Å². The Morgan fingerprint density at radius 3 is 2.41 bits per heavy atom. The highest BCUT2D eigenvalue weighted by molar-refractivity contribution is 7.80. The number of hydrogen-bond donors (Lipinski definition) is 4. The van der Waals surface area contributed by atoms with E-state index in [9.17, 15) is 9.59 Å². The zero-order valence-corrected chi connectivity index (χ0v) is 16.5. The molecular weight excluding hydrogens is 366 g/mol. The van der Waals surface area contributed by atoms with Crippen molar-refractivity contribution in [3.8, 4) is 5.75 Å². The number of benzene rings is 1. The fourth-order valence-corrected chi connectivity index (χ4v) is 2.27. The van der Waals surface area contributed by atoms with Gasteiger partial charge in [0.2, 0.25) is 0 Å². The maximum atomic E-state index is 11.9. The van der Waals surface area contributed by atoms with Crippen molar-refractivity contribution in [1.29, 1.82) is 0 Å². The molecule has 0 saturated carbocycles. The van der Waals surface area contributed by atoms with Crippen LogP contribution in [0.5, 0.6) is 5.75 Å². The first-order valence-corrected chi connectivity index (χ1v) is 8.71. The second kappa shape index (κ2) is 8.63. The van der Waals surface area contributed by atoms with Crippen LogP contribution in [0.15, 0.2) is 30.3 Å². The van der Waals surface area contributed by atoms with E-state index < -0.39 is 11.8 Å². The van der Waals surface area contributed by atoms with Crippen LogP contribution in [0, 0.1) is 6.92 Å². The number of nitrogens with zero attached hydrogens (tertiary/aromatic N) is 1. The Bertz CT molecular complexity index is 824. The Morgan fingerprint density at radius 2 is 1.85 bits per heavy atom. The SMILES string of the molecule is Cc1cc(C(=O)NNC(=S)NC(=O)COc2ccc(C(C)(C)C)cc2)n[nH]1. The molecule has 0 atom stereocenters. The maximum Gasteiger partial charge on any atom is 0.290 e. The average molecular weight is 389 g/mol. The summed E-state index contributed by atoms with van der Waals surface area (Å²) in [7, 11) is 0. The van der Waals surface area contributed by atoms with Gasteiger partial charge in [-0.25, -0.2) is 0 Å². The van der Waals surface area contributed by atoms with Gasteiger partial charge in [0, 0.05) is 5.69 Å². The third-order valence-corrected chi connectivity index (χ3v) is 3.78. The minimum Gasteiger partial charge on any atom is -0.484 e. The molecule has 0 unspecified atom stereocenters. The molecule has 8 nitrogen and oxygen atoms in total. The van der Waals surface area contributed by atoms with Crippen molar-refractivity contribution in [2.45, 2.75) is 33.1 Å². The third-order valence-electron chi connectivity index (χ3n) is 3.57. The Balaban J connectivity index is 1.73. The number of rotatable bonds is 4. The summed E-state index contributed by atoms with van der Waals surface area (Å²) in [6.45, 7) is 7.94. The van der Waals surface area contributed by atoms with Crippen molar-refractivity contribution < 1.29 is 14.3 Å². The summed E-state index contributed by atoms with van der Waals surface area (Å²) in [6, 6.07) is 9.14. The van der Waals surface area contributed by atoms with Gasteiger partial charge in [-0.05, 0) is 48.3 Å². The predicted molar refractivity (Wildman–Crippen MR) is 105 cm³/mol. The van der Waals surface area contributed by atoms with Crippen LogP contribution in [0.1, 0.15) is 42.5 Å². The van der Waals surface area contributed by atoms with Crippen LogP contribution in [0.3, 0.4) is 0 Å². The van der Waals surface area contributed by atoms with E-state index in [1.54, 1.807) is 13.0 Å². The number of carbonyl (C=O) groups is 2. The summed E-state index contributed by atoms with van der Waals surface area (Å²) in [5.74, 6) is -0.345. The van der Waals surface area contributed by atoms with Crippen molar-refractivity contribution in [2.75, 3.05) is 6.61 Å². The van der Waals surface area contributed by atoms with Crippen molar-refractivity contribution in [1.82, 2.24) is 26.4 Å². The number of H-pyrrole nitrogens is 1. The highest BCUT2D eigenvalue weighted by Crippen LogP contribution is 2.24. The highest BCUT2D eigenvalue weighted by Gasteiger charge is 2.14. The Morgan fingerprint density at radius 1 is 1.19 bits per heavy atom. The molecule has 0 radical (unpaired) electrons. The fraction of sp³-hybridized carbons (Fsp3) is 0.333. The first-order valence-electron chi connectivity index (χ1n) is 8.30. The summed E-state index contributed by atoms with van der Waals surface area (Å²) in [4.78, 5) is 23.7. The van der Waals surface area contributed by atoms with E-state index in [1.807, 2.05) is 24.3 Å². The Kier molecular flexibility index (Phi) is 6.51. The molecule has 0 aliphatic rings. The number of thiocarbonyl (C=S) groups is 1. The lowest BCUT2D eigenvalue weighted by atomic mass is 9.87. The van der Waals surface area contributed by atoms with Gasteiger partial charge in [0.1, 0.15) is 5.75 Å². The number of aromatic amines is 1. The van der Waals surface area contributed by atoms with Crippen LogP contribution < -0.4 is 20.9 Å². The molecule has 2 aromatic rings. The molecule has 0 aliphatic heterocycles. The molecule has 144 valence electrons. The monoisotopic (exact) mass is 389 g/mol. The largest absolute Gasteiger partial charge is 0.484 e. The van der Waals surface area contributed by atoms with Gasteiger partial charge in [-0.15, -0.1) is 0 Å². The molecule has 0 aliphatic carbocycles. The fourth-order valence-electron chi connectivity index (χ4n) is 2.11. The number of ether oxygens (including phenoxy) is 1. The lowest BCUT2D eigenvalue weighted by Gasteiger charge is -2.19. The third kappa shape index (κ3) is 6.37. The van der Waals surface area contributed by atoms with Gasteiger partial charge in [0.05, 0.1) is 0 Å². The van der Waals surface area contributed by atoms with Gasteiger partial charge in [-0.1, -0.05) is 32.9 Å². The molecule has 9 heteroatoms. The molecule has 1 aromatic heterocycles. The zero-order valence-electron chi connectivity index (χ0n) is 15.7. The smallest absolute Gasteiger partial charge is 0.290 e. The molecule has 0 fully saturated rings. The van der Waals surface area contributed by atoms with Crippen molar-refractivity contribution in [2.24, 2.45) is 0 Å². The van der Waals surface area contributed by atoms with E-state index in [1.165, 1.54) is 5.56 Å². The molecule has 4 N–H and O–H groups in total. The number of amides is 2. The van der Waals surface area contributed by atoms with Crippen LogP contribution in [-0.4, -0.2) is 33.7 Å². The van der Waals surface area contributed by atoms with E-state index in [4.69, 9.17) is 17.0 Å². The van der Waals surface area contributed by atoms with Gasteiger partial charge < -0.3 is 4.74 Å². The molecule has 0 bridgehead atoms. The van der Waals surface area contributed by atoms with E-state index in [2.05, 4.69) is 47.1 Å². The van der Waals surface area contributed by atoms with Gasteiger partial charge in [0.25, 0.3) is 11.8 Å². The molecule has 1 heterocycles. The minimum atomic E-state index is -0.480. The first kappa shape index (κ1) is 20.4. The molecular formula is C18H23N5O3S. The van der Waals surface area contributed by atoms with Crippen molar-refractivity contribution >= 4 is 29.1 Å². The minimum absolute atomic E-state index is 0.0484. The number of nitrogens with one attached hydrogen (secondary N) is 4. The molecule has 0 spiro atoms. The quantitative estimate of drug-likeness (QED) is 0.469. The molecule has 2 rings (SSSR count). The second-order valence-electron chi connectivity index (χ2n) is 6.96. The van der Waals surface area contributed by atoms with E-state index in [-0.39, 0.29) is 22.8 Å². The molecule has 2 amide bonds. The topological polar surface area (TPSA) is 108 Å². The average Bonchev–Trinajstić information content (AvgIpc) is 3.04. The highest BCUT2D eigenvalue weighted by atomic mass is 32.1. The number of carbonyl (C=O) groups excluding carboxylic acids is 2. The predicted octanol–water partition coefficient (Wildman–Crippen LogP) is 1.73. The first-order chi connectivity index (χ1) is 12.6. The molecule has 0 saturated heterocycles. The van der Waals surface area contributed by atoms with Crippen LogP contribution in [0.25, 0.3) is 0 Å². The normalized spacial score (nSPS) is 10.8. The van der Waals surface area contributed by atoms with E-state index >= 15 is 0 Å². The summed E-state index contributed by atoms with van der Waals surface area (Å²) in [5, 5.41) is 8.83. The lowest BCUT2D eigenvalue weighted by molar-refractivity contribution is -0.121. The van der Waals surface area contributed by atoms with Gasteiger partial charge >= 0.3 is 0 Å². The molecule has 27 heavy (non-hydrogen) atoms. The van der Waals surface area contributed by atoms with E-state index in [0.29, 0.717) is 5.75 Å². The lowest BCUT2D eigenvalue weighted by Crippen LogP contribution is -2.49. The van der Waals surface area contributed by atoms with E-state index in [0.717, 1.165) is 5.69 Å². The summed E-state index contributed by atoms with van der Waals surface area (Å²) >= 11 is 4.95. The maximum absolute atomic E-state index is 11.9. The number of aryl methyl sites for hydroxylation is 1. The van der Waals surface area contributed by atoms with Crippen molar-refractivity contribution in [3.63, 3.8) is 0 Å². The van der Waals surface area contributed by atoms with Crippen molar-refractivity contribution in [3.05, 3.63) is 47.3 Å². The van der Waals surface area contributed by atoms with Crippen LogP contribution in [0.2, 0.25) is 0 Å². The standard InChI is InChI=1S/C18H23N5O3S/c1-11-9-14(21-20-11)16(25)22-23-17(27)19-15(24)10-26-13-7-5-12(6-8-13)18(2,3)4/h5-9H,10H2,1-4H3,(H,20,21)(H,22,25)(H2,19,23,24,27). The summed E-state index contributed by atoms with van der Waals surface area (Å²) < 4.78 is 5.43. The van der Waals surface area contributed by atoms with Crippen LogP contribution in [0.4, 0.5) is 0 Å². The number of hydrazine groups is 1. The Labute approximate surface area is 163 Å².